The highest BCUT2D eigenvalue weighted by molar-refractivity contribution is 6.37. The second-order valence-corrected chi connectivity index (χ2v) is 4.05. The summed E-state index contributed by atoms with van der Waals surface area (Å²) in [5.41, 5.74) is 3.18. The van der Waals surface area contributed by atoms with E-state index in [0.29, 0.717) is 0 Å². The molecule has 0 saturated heterocycles. The summed E-state index contributed by atoms with van der Waals surface area (Å²) in [6, 6.07) is 7.99. The number of aromatic nitrogens is 2. The van der Waals surface area contributed by atoms with E-state index < -0.39 is 0 Å². The molecule has 0 aliphatic heterocycles. The minimum atomic E-state index is 0.747. The third-order valence-electron chi connectivity index (χ3n) is 2.69. The summed E-state index contributed by atoms with van der Waals surface area (Å²) in [5, 5.41) is 2.90. The number of hydrogen-bond donors (Lipinski definition) is 1. The lowest BCUT2D eigenvalue weighted by Crippen LogP contribution is -1.74. The van der Waals surface area contributed by atoms with Crippen molar-refractivity contribution in [2.75, 3.05) is 0 Å². The van der Waals surface area contributed by atoms with Crippen LogP contribution in [0, 0.1) is 6.92 Å². The van der Waals surface area contributed by atoms with Crippen LogP contribution in [0.1, 0.15) is 5.56 Å². The SMILES string of the molecule is Cc1cccc2c1[nH]c1nccc(Cl)c12. The molecule has 3 aromatic rings. The molecule has 0 amide bonds. The number of rotatable bonds is 0. The second kappa shape index (κ2) is 2.97. The average molecular weight is 217 g/mol. The third kappa shape index (κ3) is 1.15. The van der Waals surface area contributed by atoms with Gasteiger partial charge in [0.1, 0.15) is 5.65 Å². The molecule has 0 saturated carbocycles. The number of nitrogens with one attached hydrogen (secondary N) is 1. The number of para-hydroxylation sites is 1. The Labute approximate surface area is 91.9 Å². The number of hydrogen-bond acceptors (Lipinski definition) is 1. The summed E-state index contributed by atoms with van der Waals surface area (Å²) in [5.74, 6) is 0. The first-order valence-electron chi connectivity index (χ1n) is 4.79. The number of nitrogens with zero attached hydrogens (tertiary/aromatic N) is 1. The van der Waals surface area contributed by atoms with Gasteiger partial charge < -0.3 is 4.98 Å². The molecule has 0 fully saturated rings. The molecule has 0 unspecified atom stereocenters. The van der Waals surface area contributed by atoms with Gasteiger partial charge >= 0.3 is 0 Å². The van der Waals surface area contributed by atoms with Crippen LogP contribution in [0.5, 0.6) is 0 Å². The molecule has 2 nitrogen and oxygen atoms in total. The van der Waals surface area contributed by atoms with Crippen LogP contribution in [0.3, 0.4) is 0 Å². The Hall–Kier alpha value is -1.54. The van der Waals surface area contributed by atoms with Gasteiger partial charge in [0, 0.05) is 17.0 Å². The van der Waals surface area contributed by atoms with Gasteiger partial charge in [0.05, 0.1) is 10.5 Å². The van der Waals surface area contributed by atoms with Crippen LogP contribution >= 0.6 is 11.6 Å². The molecule has 0 aliphatic rings. The topological polar surface area (TPSA) is 28.7 Å². The molecule has 3 rings (SSSR count). The fraction of sp³-hybridized carbons (Fsp3) is 0.0833. The second-order valence-electron chi connectivity index (χ2n) is 3.64. The first-order valence-corrected chi connectivity index (χ1v) is 5.16. The number of pyridine rings is 1. The summed E-state index contributed by atoms with van der Waals surface area (Å²) in [6.07, 6.45) is 1.72. The van der Waals surface area contributed by atoms with E-state index in [4.69, 9.17) is 11.6 Å². The van der Waals surface area contributed by atoms with Crippen LogP contribution in [-0.2, 0) is 0 Å². The van der Waals surface area contributed by atoms with Gasteiger partial charge in [0.2, 0.25) is 0 Å². The molecule has 74 valence electrons. The molecule has 0 bridgehead atoms. The highest BCUT2D eigenvalue weighted by Gasteiger charge is 2.08. The van der Waals surface area contributed by atoms with Crippen molar-refractivity contribution in [2.24, 2.45) is 0 Å². The molecule has 0 radical (unpaired) electrons. The lowest BCUT2D eigenvalue weighted by molar-refractivity contribution is 1.34. The van der Waals surface area contributed by atoms with Gasteiger partial charge in [0.25, 0.3) is 0 Å². The average Bonchev–Trinajstić information content (AvgIpc) is 2.59. The van der Waals surface area contributed by atoms with E-state index in [1.54, 1.807) is 6.20 Å². The normalized spacial score (nSPS) is 11.3. The van der Waals surface area contributed by atoms with Crippen LogP contribution in [0.25, 0.3) is 21.9 Å². The number of aryl methyl sites for hydroxylation is 1. The summed E-state index contributed by atoms with van der Waals surface area (Å²) in [4.78, 5) is 7.57. The van der Waals surface area contributed by atoms with Crippen LogP contribution in [0.15, 0.2) is 30.5 Å². The monoisotopic (exact) mass is 216 g/mol. The molecule has 15 heavy (non-hydrogen) atoms. The molecule has 2 heterocycles. The molecule has 3 heteroatoms. The van der Waals surface area contributed by atoms with Gasteiger partial charge in [-0.2, -0.15) is 0 Å². The molecule has 2 aromatic heterocycles. The Balaban J connectivity index is 2.65. The zero-order valence-electron chi connectivity index (χ0n) is 8.21. The summed E-state index contributed by atoms with van der Waals surface area (Å²) < 4.78 is 0. The fourth-order valence-electron chi connectivity index (χ4n) is 1.95. The van der Waals surface area contributed by atoms with Gasteiger partial charge in [-0.05, 0) is 18.6 Å². The Morgan fingerprint density at radius 2 is 2.13 bits per heavy atom. The van der Waals surface area contributed by atoms with Crippen molar-refractivity contribution in [2.45, 2.75) is 6.92 Å². The first-order chi connectivity index (χ1) is 7.27. The fourth-order valence-corrected chi connectivity index (χ4v) is 2.20. The number of benzene rings is 1. The van der Waals surface area contributed by atoms with Gasteiger partial charge in [-0.15, -0.1) is 0 Å². The highest BCUT2D eigenvalue weighted by Crippen LogP contribution is 2.30. The predicted octanol–water partition coefficient (Wildman–Crippen LogP) is 3.68. The quantitative estimate of drug-likeness (QED) is 0.610. The maximum absolute atomic E-state index is 6.17. The van der Waals surface area contributed by atoms with Crippen molar-refractivity contribution in [1.29, 1.82) is 0 Å². The molecule has 0 aliphatic carbocycles. The van der Waals surface area contributed by atoms with E-state index in [2.05, 4.69) is 29.0 Å². The van der Waals surface area contributed by atoms with E-state index in [1.807, 2.05) is 12.1 Å². The van der Waals surface area contributed by atoms with E-state index in [-0.39, 0.29) is 0 Å². The number of fused-ring (bicyclic) bond motifs is 3. The van der Waals surface area contributed by atoms with E-state index in [0.717, 1.165) is 27.0 Å². The Morgan fingerprint density at radius 3 is 3.00 bits per heavy atom. The summed E-state index contributed by atoms with van der Waals surface area (Å²) >= 11 is 6.17. The number of halogens is 1. The minimum Gasteiger partial charge on any atom is -0.339 e. The van der Waals surface area contributed by atoms with Gasteiger partial charge in [-0.25, -0.2) is 4.98 Å². The standard InChI is InChI=1S/C12H9ClN2/c1-7-3-2-4-8-10-9(13)5-6-14-12(10)15-11(7)8/h2-6H,1H3,(H,14,15). The van der Waals surface area contributed by atoms with Crippen molar-refractivity contribution in [3.63, 3.8) is 0 Å². The summed E-state index contributed by atoms with van der Waals surface area (Å²) in [7, 11) is 0. The zero-order chi connectivity index (χ0) is 10.4. The smallest absolute Gasteiger partial charge is 0.139 e. The predicted molar refractivity (Wildman–Crippen MR) is 63.3 cm³/mol. The van der Waals surface area contributed by atoms with E-state index in [1.165, 1.54) is 5.56 Å². The maximum atomic E-state index is 6.17. The molecule has 0 atom stereocenters. The van der Waals surface area contributed by atoms with Crippen molar-refractivity contribution in [1.82, 2.24) is 9.97 Å². The first kappa shape index (κ1) is 8.74. The van der Waals surface area contributed by atoms with E-state index in [9.17, 15) is 0 Å². The van der Waals surface area contributed by atoms with Crippen molar-refractivity contribution < 1.29 is 0 Å². The molecule has 1 aromatic carbocycles. The van der Waals surface area contributed by atoms with Crippen molar-refractivity contribution in [3.05, 3.63) is 41.0 Å². The largest absolute Gasteiger partial charge is 0.339 e. The highest BCUT2D eigenvalue weighted by atomic mass is 35.5. The van der Waals surface area contributed by atoms with Crippen LogP contribution in [0.4, 0.5) is 0 Å². The summed E-state index contributed by atoms with van der Waals surface area (Å²) in [6.45, 7) is 2.08. The third-order valence-corrected chi connectivity index (χ3v) is 3.00. The Bertz CT molecular complexity index is 655. The zero-order valence-corrected chi connectivity index (χ0v) is 8.97. The van der Waals surface area contributed by atoms with Crippen molar-refractivity contribution in [3.8, 4) is 0 Å². The molecule has 1 N–H and O–H groups in total. The lowest BCUT2D eigenvalue weighted by atomic mass is 10.1. The van der Waals surface area contributed by atoms with Gasteiger partial charge in [0.15, 0.2) is 0 Å². The number of aromatic amines is 1. The molecular weight excluding hydrogens is 208 g/mol. The lowest BCUT2D eigenvalue weighted by Gasteiger charge is -1.94. The van der Waals surface area contributed by atoms with Crippen LogP contribution in [0.2, 0.25) is 5.02 Å². The molecule has 0 spiro atoms. The van der Waals surface area contributed by atoms with E-state index >= 15 is 0 Å². The molecular formula is C12H9ClN2. The minimum absolute atomic E-state index is 0.747. The maximum Gasteiger partial charge on any atom is 0.139 e. The van der Waals surface area contributed by atoms with Crippen LogP contribution in [-0.4, -0.2) is 9.97 Å². The number of H-pyrrole nitrogens is 1. The van der Waals surface area contributed by atoms with Gasteiger partial charge in [-0.1, -0.05) is 29.8 Å². The van der Waals surface area contributed by atoms with Gasteiger partial charge in [-0.3, -0.25) is 0 Å². The Morgan fingerprint density at radius 1 is 1.27 bits per heavy atom. The van der Waals surface area contributed by atoms with Crippen molar-refractivity contribution >= 4 is 33.5 Å². The van der Waals surface area contributed by atoms with Crippen LogP contribution < -0.4 is 0 Å². The Kier molecular flexibility index (Phi) is 1.73.